The van der Waals surface area contributed by atoms with Crippen molar-refractivity contribution in [2.24, 2.45) is 0 Å². The first-order valence-electron chi connectivity index (χ1n) is 6.24. The summed E-state index contributed by atoms with van der Waals surface area (Å²) in [5.41, 5.74) is -5.84. The second-order valence-electron chi connectivity index (χ2n) is 4.85. The number of hydrogen-bond acceptors (Lipinski definition) is 13. The molecule has 7 N–H and O–H groups in total. The van der Waals surface area contributed by atoms with E-state index in [0.29, 0.717) is 0 Å². The van der Waals surface area contributed by atoms with Crippen LogP contribution in [0.3, 0.4) is 0 Å². The molecule has 0 amide bonds. The summed E-state index contributed by atoms with van der Waals surface area (Å²) in [5, 5.41) is 76.1. The summed E-state index contributed by atoms with van der Waals surface area (Å²) in [7, 11) is 0. The molecule has 0 saturated carbocycles. The van der Waals surface area contributed by atoms with Crippen molar-refractivity contribution >= 4 is 35.8 Å². The Labute approximate surface area is 170 Å². The third kappa shape index (κ3) is 13.6. The zero-order valence-electron chi connectivity index (χ0n) is 14.2. The Morgan fingerprint density at radius 2 is 0.821 bits per heavy atom. The normalized spacial score (nSPS) is 10.1. The molecule has 0 bridgehead atoms. The Morgan fingerprint density at radius 1 is 0.607 bits per heavy atom. The predicted octanol–water partition coefficient (Wildman–Crippen LogP) is -8.80. The summed E-state index contributed by atoms with van der Waals surface area (Å²) in [5.74, 6) is -11.6. The van der Waals surface area contributed by atoms with Gasteiger partial charge in [-0.1, -0.05) is 0 Å². The van der Waals surface area contributed by atoms with Crippen molar-refractivity contribution in [2.45, 2.75) is 36.9 Å². The number of hydrogen-bond donors (Lipinski definition) is 4. The van der Waals surface area contributed by atoms with Gasteiger partial charge in [-0.05, 0) is 0 Å². The Balaban J connectivity index is -0.000000192. The molecule has 16 heteroatoms. The SMILES string of the molecule is O=C([O-])CC(O)(CC(=O)[O-])C(=O)O.O=C([O-])CC(O)(CC(=O)[O-])C(=O)[O-].[NH4+].[Ti+4]. The predicted molar refractivity (Wildman–Crippen MR) is 67.0 cm³/mol. The second-order valence-corrected chi connectivity index (χ2v) is 4.85. The van der Waals surface area contributed by atoms with Crippen molar-refractivity contribution in [3.05, 3.63) is 0 Å². The van der Waals surface area contributed by atoms with Crippen LogP contribution in [0, 0.1) is 0 Å². The van der Waals surface area contributed by atoms with E-state index in [1.165, 1.54) is 0 Å². The number of carboxylic acid groups (broad SMARTS) is 6. The van der Waals surface area contributed by atoms with Crippen molar-refractivity contribution < 1.29 is 91.3 Å². The van der Waals surface area contributed by atoms with E-state index in [2.05, 4.69) is 0 Å². The van der Waals surface area contributed by atoms with Gasteiger partial charge in [-0.15, -0.1) is 0 Å². The average Bonchev–Trinajstić information content (AvgIpc) is 2.34. The van der Waals surface area contributed by atoms with Crippen LogP contribution >= 0.6 is 0 Å². The zero-order chi connectivity index (χ0) is 21.3. The minimum absolute atomic E-state index is 0. The van der Waals surface area contributed by atoms with E-state index in [0.717, 1.165) is 0 Å². The monoisotopic (exact) mass is 445 g/mol. The van der Waals surface area contributed by atoms with E-state index in [1.54, 1.807) is 0 Å². The number of rotatable bonds is 10. The van der Waals surface area contributed by atoms with Gasteiger partial charge in [-0.25, -0.2) is 4.79 Å². The fourth-order valence-corrected chi connectivity index (χ4v) is 1.38. The molecular formula is C12H15NO14Ti. The standard InChI is InChI=1S/2C6H8O7.H3N.Ti/c2*7-3(8)1-6(13,5(11)12)2-4(9)10;;/h2*13H,1-2H2,(H,7,8)(H,9,10)(H,11,12);1H3;/q;;;+4/p-4. The van der Waals surface area contributed by atoms with Gasteiger partial charge in [0.05, 0.1) is 5.97 Å². The number of carboxylic acids is 6. The summed E-state index contributed by atoms with van der Waals surface area (Å²) >= 11 is 0. The maximum atomic E-state index is 10.3. The van der Waals surface area contributed by atoms with E-state index >= 15 is 0 Å². The molecule has 0 atom stereocenters. The van der Waals surface area contributed by atoms with Crippen molar-refractivity contribution in [3.8, 4) is 0 Å². The van der Waals surface area contributed by atoms with Gasteiger partial charge < -0.3 is 71.0 Å². The number of quaternary nitrogens is 1. The molecule has 0 fully saturated rings. The minimum atomic E-state index is -2.97. The summed E-state index contributed by atoms with van der Waals surface area (Å²) in [6, 6.07) is 0. The quantitative estimate of drug-likeness (QED) is 0.227. The van der Waals surface area contributed by atoms with E-state index in [4.69, 9.17) is 15.3 Å². The van der Waals surface area contributed by atoms with Crippen LogP contribution in [0.25, 0.3) is 0 Å². The van der Waals surface area contributed by atoms with E-state index in [-0.39, 0.29) is 27.9 Å². The van der Waals surface area contributed by atoms with Gasteiger partial charge in [0.25, 0.3) is 0 Å². The molecule has 15 nitrogen and oxygen atoms in total. The topological polar surface area (TPSA) is 315 Å². The Hall–Kier alpha value is -2.59. The van der Waals surface area contributed by atoms with Crippen LogP contribution in [-0.4, -0.2) is 62.3 Å². The van der Waals surface area contributed by atoms with Crippen LogP contribution in [0.4, 0.5) is 0 Å². The van der Waals surface area contributed by atoms with E-state index in [1.807, 2.05) is 0 Å². The molecule has 0 unspecified atom stereocenters. The molecule has 0 spiro atoms. The maximum absolute atomic E-state index is 10.3. The second kappa shape index (κ2) is 13.6. The molecule has 0 aliphatic rings. The van der Waals surface area contributed by atoms with Crippen molar-refractivity contribution in [1.82, 2.24) is 6.15 Å². The van der Waals surface area contributed by atoms with Gasteiger partial charge in [-0.3, -0.25) is 0 Å². The zero-order valence-corrected chi connectivity index (χ0v) is 15.7. The first-order valence-corrected chi connectivity index (χ1v) is 6.24. The van der Waals surface area contributed by atoms with Gasteiger partial charge in [0.2, 0.25) is 0 Å². The third-order valence-corrected chi connectivity index (χ3v) is 2.53. The van der Waals surface area contributed by atoms with Crippen LogP contribution in [-0.2, 0) is 50.5 Å². The van der Waals surface area contributed by atoms with Crippen LogP contribution in [0.2, 0.25) is 0 Å². The fraction of sp³-hybridized carbons (Fsp3) is 0.500. The van der Waals surface area contributed by atoms with Gasteiger partial charge in [0.1, 0.15) is 5.60 Å². The summed E-state index contributed by atoms with van der Waals surface area (Å²) in [6.07, 6.45) is -5.31. The van der Waals surface area contributed by atoms with E-state index in [9.17, 15) is 54.3 Å². The van der Waals surface area contributed by atoms with Crippen molar-refractivity contribution in [1.29, 1.82) is 0 Å². The first-order chi connectivity index (χ1) is 11.6. The molecule has 0 saturated heterocycles. The average molecular weight is 445 g/mol. The summed E-state index contributed by atoms with van der Waals surface area (Å²) in [6.45, 7) is 0. The van der Waals surface area contributed by atoms with Gasteiger partial charge in [0.15, 0.2) is 5.60 Å². The molecule has 0 aliphatic heterocycles. The molecule has 0 radical (unpaired) electrons. The molecule has 0 aromatic heterocycles. The summed E-state index contributed by atoms with van der Waals surface area (Å²) < 4.78 is 0. The maximum Gasteiger partial charge on any atom is 4.00 e. The molecule has 0 aromatic carbocycles. The van der Waals surface area contributed by atoms with Gasteiger partial charge in [0, 0.05) is 49.6 Å². The van der Waals surface area contributed by atoms with Crippen LogP contribution in [0.1, 0.15) is 25.7 Å². The van der Waals surface area contributed by atoms with E-state index < -0.39 is 72.7 Å². The molecule has 0 rings (SSSR count). The Bertz CT molecular complexity index is 519. The number of carbonyl (C=O) groups excluding carboxylic acids is 5. The summed E-state index contributed by atoms with van der Waals surface area (Å²) in [4.78, 5) is 60.2. The molecular weight excluding hydrogens is 430 g/mol. The minimum Gasteiger partial charge on any atom is -0.550 e. The van der Waals surface area contributed by atoms with Gasteiger partial charge >= 0.3 is 27.7 Å². The molecule has 28 heavy (non-hydrogen) atoms. The fourth-order valence-electron chi connectivity index (χ4n) is 1.38. The Morgan fingerprint density at radius 3 is 0.964 bits per heavy atom. The third-order valence-electron chi connectivity index (χ3n) is 2.53. The smallest absolute Gasteiger partial charge is 0.550 e. The molecule has 156 valence electrons. The van der Waals surface area contributed by atoms with Crippen LogP contribution < -0.4 is 31.7 Å². The molecule has 0 aliphatic carbocycles. The van der Waals surface area contributed by atoms with Crippen LogP contribution in [0.15, 0.2) is 0 Å². The number of aliphatic carboxylic acids is 6. The van der Waals surface area contributed by atoms with Gasteiger partial charge in [-0.2, -0.15) is 0 Å². The first kappa shape index (κ1) is 33.0. The van der Waals surface area contributed by atoms with Crippen molar-refractivity contribution in [3.63, 3.8) is 0 Å². The van der Waals surface area contributed by atoms with Crippen molar-refractivity contribution in [2.75, 3.05) is 0 Å². The largest absolute Gasteiger partial charge is 4.00 e. The number of aliphatic hydroxyl groups is 2. The Kier molecular flexibility index (Phi) is 16.0. The van der Waals surface area contributed by atoms with Crippen LogP contribution in [0.5, 0.6) is 0 Å². The molecule has 0 aromatic rings. The number of carbonyl (C=O) groups is 6. The molecule has 0 heterocycles.